The molecule has 132 valence electrons. The van der Waals surface area contributed by atoms with Crippen LogP contribution in [0.25, 0.3) is 0 Å². The maximum absolute atomic E-state index is 9.77. The second-order valence-electron chi connectivity index (χ2n) is 7.71. The third-order valence-electron chi connectivity index (χ3n) is 5.80. The van der Waals surface area contributed by atoms with Crippen molar-refractivity contribution in [2.75, 3.05) is 13.2 Å². The Morgan fingerprint density at radius 1 is 0.913 bits per heavy atom. The fourth-order valence-corrected chi connectivity index (χ4v) is 4.18. The Hall–Kier alpha value is -0.590. The van der Waals surface area contributed by atoms with Gasteiger partial charge < -0.3 is 9.47 Å². The zero-order valence-corrected chi connectivity index (χ0v) is 15.2. The van der Waals surface area contributed by atoms with Crippen LogP contribution in [0.15, 0.2) is 0 Å². The second kappa shape index (κ2) is 9.64. The second-order valence-corrected chi connectivity index (χ2v) is 7.71. The molecule has 23 heavy (non-hydrogen) atoms. The van der Waals surface area contributed by atoms with Crippen molar-refractivity contribution in [3.8, 4) is 6.07 Å². The van der Waals surface area contributed by atoms with E-state index in [9.17, 15) is 5.26 Å². The van der Waals surface area contributed by atoms with Crippen molar-refractivity contribution < 1.29 is 9.47 Å². The SMILES string of the molecule is CCCCCCC1COC(C2(C#N)CCC(CCC)CC2)OC1. The first-order chi connectivity index (χ1) is 11.2. The Balaban J connectivity index is 1.76. The molecule has 1 aliphatic carbocycles. The molecule has 1 heterocycles. The van der Waals surface area contributed by atoms with E-state index >= 15 is 0 Å². The molecule has 1 aliphatic heterocycles. The molecule has 1 saturated carbocycles. The number of nitrogens with zero attached hydrogens (tertiary/aromatic N) is 1. The lowest BCUT2D eigenvalue weighted by atomic mass is 9.69. The molecule has 3 heteroatoms. The average Bonchev–Trinajstić information content (AvgIpc) is 2.60. The molecule has 2 rings (SSSR count). The molecule has 0 atom stereocenters. The zero-order valence-electron chi connectivity index (χ0n) is 15.2. The van der Waals surface area contributed by atoms with Gasteiger partial charge in [-0.05, 0) is 38.0 Å². The molecule has 0 N–H and O–H groups in total. The molecular formula is C20H35NO2. The summed E-state index contributed by atoms with van der Waals surface area (Å²) >= 11 is 0. The van der Waals surface area contributed by atoms with Gasteiger partial charge in [-0.3, -0.25) is 0 Å². The zero-order chi connectivity index (χ0) is 16.5. The molecule has 1 saturated heterocycles. The molecular weight excluding hydrogens is 286 g/mol. The van der Waals surface area contributed by atoms with Gasteiger partial charge in [0.2, 0.25) is 0 Å². The molecule has 0 amide bonds. The highest BCUT2D eigenvalue weighted by Crippen LogP contribution is 2.45. The molecule has 3 nitrogen and oxygen atoms in total. The van der Waals surface area contributed by atoms with Crippen LogP contribution in [-0.2, 0) is 9.47 Å². The lowest BCUT2D eigenvalue weighted by molar-refractivity contribution is -0.247. The van der Waals surface area contributed by atoms with Crippen molar-refractivity contribution in [3.63, 3.8) is 0 Å². The van der Waals surface area contributed by atoms with Gasteiger partial charge in [0.1, 0.15) is 5.41 Å². The van der Waals surface area contributed by atoms with E-state index in [0.717, 1.165) is 44.8 Å². The Bertz CT molecular complexity index is 360. The normalized spacial score (nSPS) is 34.9. The van der Waals surface area contributed by atoms with E-state index in [1.165, 1.54) is 44.9 Å². The predicted octanol–water partition coefficient (Wildman–Crippen LogP) is 5.45. The summed E-state index contributed by atoms with van der Waals surface area (Å²) in [6, 6.07) is 2.57. The molecule has 0 radical (unpaired) electrons. The van der Waals surface area contributed by atoms with Crippen LogP contribution in [0, 0.1) is 28.6 Å². The standard InChI is InChI=1S/C20H35NO2/c1-3-5-6-7-9-18-14-22-19(23-15-18)20(16-21)12-10-17(8-4-2)11-13-20/h17-19H,3-15H2,1-2H3. The fourth-order valence-electron chi connectivity index (χ4n) is 4.18. The van der Waals surface area contributed by atoms with Gasteiger partial charge in [-0.25, -0.2) is 0 Å². The summed E-state index contributed by atoms with van der Waals surface area (Å²) in [6.45, 7) is 6.05. The van der Waals surface area contributed by atoms with E-state index < -0.39 is 5.41 Å². The lowest BCUT2D eigenvalue weighted by Gasteiger charge is -2.42. The number of hydrogen-bond acceptors (Lipinski definition) is 3. The lowest BCUT2D eigenvalue weighted by Crippen LogP contribution is -2.45. The quantitative estimate of drug-likeness (QED) is 0.558. The summed E-state index contributed by atoms with van der Waals surface area (Å²) in [5.74, 6) is 1.33. The molecule has 0 spiro atoms. The van der Waals surface area contributed by atoms with Crippen LogP contribution in [0.2, 0.25) is 0 Å². The van der Waals surface area contributed by atoms with E-state index in [-0.39, 0.29) is 6.29 Å². The van der Waals surface area contributed by atoms with E-state index in [1.54, 1.807) is 0 Å². The average molecular weight is 322 g/mol. The minimum Gasteiger partial charge on any atom is -0.351 e. The van der Waals surface area contributed by atoms with Gasteiger partial charge in [-0.15, -0.1) is 0 Å². The number of unbranched alkanes of at least 4 members (excludes halogenated alkanes) is 3. The molecule has 0 aromatic heterocycles. The summed E-state index contributed by atoms with van der Waals surface area (Å²) in [4.78, 5) is 0. The van der Waals surface area contributed by atoms with Crippen LogP contribution in [0.3, 0.4) is 0 Å². The van der Waals surface area contributed by atoms with Gasteiger partial charge in [-0.1, -0.05) is 52.4 Å². The predicted molar refractivity (Wildman–Crippen MR) is 92.9 cm³/mol. The summed E-state index contributed by atoms with van der Waals surface area (Å²) in [5, 5.41) is 9.77. The smallest absolute Gasteiger partial charge is 0.176 e. The summed E-state index contributed by atoms with van der Waals surface area (Å²) in [7, 11) is 0. The van der Waals surface area contributed by atoms with Crippen molar-refractivity contribution in [3.05, 3.63) is 0 Å². The first kappa shape index (κ1) is 18.7. The number of nitriles is 1. The third-order valence-corrected chi connectivity index (χ3v) is 5.80. The topological polar surface area (TPSA) is 42.2 Å². The molecule has 0 aromatic rings. The van der Waals surface area contributed by atoms with Crippen molar-refractivity contribution in [2.45, 2.75) is 90.8 Å². The van der Waals surface area contributed by atoms with Gasteiger partial charge in [0, 0.05) is 5.92 Å². The van der Waals surface area contributed by atoms with Gasteiger partial charge in [0.25, 0.3) is 0 Å². The minimum atomic E-state index is -0.391. The molecule has 2 fully saturated rings. The first-order valence-corrected chi connectivity index (χ1v) is 9.88. The van der Waals surface area contributed by atoms with Crippen LogP contribution in [0.1, 0.15) is 84.5 Å². The van der Waals surface area contributed by atoms with E-state index in [0.29, 0.717) is 5.92 Å². The molecule has 0 aromatic carbocycles. The number of ether oxygens (including phenoxy) is 2. The van der Waals surface area contributed by atoms with Gasteiger partial charge >= 0.3 is 0 Å². The third kappa shape index (κ3) is 5.19. The van der Waals surface area contributed by atoms with Crippen molar-refractivity contribution in [1.82, 2.24) is 0 Å². The van der Waals surface area contributed by atoms with Gasteiger partial charge in [0.05, 0.1) is 19.3 Å². The van der Waals surface area contributed by atoms with Crippen LogP contribution in [0.5, 0.6) is 0 Å². The maximum Gasteiger partial charge on any atom is 0.176 e. The van der Waals surface area contributed by atoms with E-state index in [2.05, 4.69) is 19.9 Å². The molecule has 0 bridgehead atoms. The first-order valence-electron chi connectivity index (χ1n) is 9.88. The van der Waals surface area contributed by atoms with Crippen LogP contribution in [0.4, 0.5) is 0 Å². The van der Waals surface area contributed by atoms with E-state index in [4.69, 9.17) is 9.47 Å². The molecule has 0 unspecified atom stereocenters. The maximum atomic E-state index is 9.77. The number of hydrogen-bond donors (Lipinski definition) is 0. The highest BCUT2D eigenvalue weighted by atomic mass is 16.7. The van der Waals surface area contributed by atoms with Crippen LogP contribution < -0.4 is 0 Å². The van der Waals surface area contributed by atoms with Gasteiger partial charge in [-0.2, -0.15) is 5.26 Å². The van der Waals surface area contributed by atoms with E-state index in [1.807, 2.05) is 0 Å². The monoisotopic (exact) mass is 321 g/mol. The Labute approximate surface area is 142 Å². The summed E-state index contributed by atoms with van der Waals surface area (Å²) in [6.07, 6.45) is 12.9. The summed E-state index contributed by atoms with van der Waals surface area (Å²) in [5.41, 5.74) is -0.391. The fraction of sp³-hybridized carbons (Fsp3) is 0.950. The van der Waals surface area contributed by atoms with Crippen molar-refractivity contribution in [2.24, 2.45) is 17.3 Å². The minimum absolute atomic E-state index is 0.290. The number of rotatable bonds is 8. The Kier molecular flexibility index (Phi) is 7.86. The van der Waals surface area contributed by atoms with Crippen LogP contribution in [-0.4, -0.2) is 19.5 Å². The largest absolute Gasteiger partial charge is 0.351 e. The van der Waals surface area contributed by atoms with Crippen molar-refractivity contribution >= 4 is 0 Å². The van der Waals surface area contributed by atoms with Crippen LogP contribution >= 0.6 is 0 Å². The highest BCUT2D eigenvalue weighted by Gasteiger charge is 2.45. The Morgan fingerprint density at radius 3 is 2.17 bits per heavy atom. The molecule has 2 aliphatic rings. The highest BCUT2D eigenvalue weighted by molar-refractivity contribution is 5.04. The summed E-state index contributed by atoms with van der Waals surface area (Å²) < 4.78 is 12.1. The van der Waals surface area contributed by atoms with Gasteiger partial charge in [0.15, 0.2) is 6.29 Å². The van der Waals surface area contributed by atoms with Crippen molar-refractivity contribution in [1.29, 1.82) is 5.26 Å². The Morgan fingerprint density at radius 2 is 1.61 bits per heavy atom.